The maximum Gasteiger partial charge on any atom is 0.127 e. The minimum Gasteiger partial charge on any atom is -0.370 e. The average molecular weight is 262 g/mol. The van der Waals surface area contributed by atoms with Crippen LogP contribution >= 0.6 is 11.8 Å². The van der Waals surface area contributed by atoms with E-state index in [9.17, 15) is 4.39 Å². The van der Waals surface area contributed by atoms with Gasteiger partial charge >= 0.3 is 0 Å². The Kier molecular flexibility index (Phi) is 4.59. The number of benzene rings is 1. The molecule has 0 atom stereocenters. The molecule has 4 heteroatoms. The minimum atomic E-state index is -0.217. The number of hydrogen-bond acceptors (Lipinski definition) is 3. The average Bonchev–Trinajstić information content (AvgIpc) is 2.40. The van der Waals surface area contributed by atoms with Gasteiger partial charge in [-0.25, -0.2) is 9.37 Å². The molecule has 18 heavy (non-hydrogen) atoms. The molecule has 2 nitrogen and oxygen atoms in total. The maximum absolute atomic E-state index is 12.8. The Hall–Kier alpha value is -1.55. The van der Waals surface area contributed by atoms with Crippen molar-refractivity contribution in [2.75, 3.05) is 11.9 Å². The van der Waals surface area contributed by atoms with Crippen molar-refractivity contribution in [1.82, 2.24) is 4.98 Å². The number of pyridine rings is 1. The third-order valence-electron chi connectivity index (χ3n) is 2.32. The van der Waals surface area contributed by atoms with Gasteiger partial charge in [0, 0.05) is 11.4 Å². The fourth-order valence-electron chi connectivity index (χ4n) is 1.45. The van der Waals surface area contributed by atoms with Gasteiger partial charge in [-0.1, -0.05) is 24.8 Å². The number of aromatic nitrogens is 1. The molecule has 0 amide bonds. The first-order chi connectivity index (χ1) is 8.78. The van der Waals surface area contributed by atoms with Gasteiger partial charge in [-0.15, -0.1) is 0 Å². The molecule has 0 aliphatic carbocycles. The number of rotatable bonds is 5. The summed E-state index contributed by atoms with van der Waals surface area (Å²) in [6.07, 6.45) is 1.07. The van der Waals surface area contributed by atoms with Crippen molar-refractivity contribution < 1.29 is 4.39 Å². The number of hydrogen-bond donors (Lipinski definition) is 1. The molecule has 0 aliphatic heterocycles. The highest BCUT2D eigenvalue weighted by molar-refractivity contribution is 7.99. The van der Waals surface area contributed by atoms with Crippen LogP contribution in [0.2, 0.25) is 0 Å². The summed E-state index contributed by atoms with van der Waals surface area (Å²) in [6, 6.07) is 12.3. The Labute approximate surface area is 111 Å². The highest BCUT2D eigenvalue weighted by Gasteiger charge is 2.00. The smallest absolute Gasteiger partial charge is 0.127 e. The van der Waals surface area contributed by atoms with Gasteiger partial charge in [0.15, 0.2) is 0 Å². The van der Waals surface area contributed by atoms with E-state index in [0.717, 1.165) is 28.7 Å². The third kappa shape index (κ3) is 3.74. The number of halogens is 1. The molecule has 0 aliphatic rings. The Morgan fingerprint density at radius 2 is 1.94 bits per heavy atom. The van der Waals surface area contributed by atoms with Gasteiger partial charge < -0.3 is 5.32 Å². The summed E-state index contributed by atoms with van der Waals surface area (Å²) < 4.78 is 12.8. The summed E-state index contributed by atoms with van der Waals surface area (Å²) in [5.41, 5.74) is 0. The van der Waals surface area contributed by atoms with Crippen molar-refractivity contribution in [3.05, 3.63) is 48.3 Å². The number of nitrogens with zero attached hydrogens (tertiary/aromatic N) is 1. The highest BCUT2D eigenvalue weighted by Crippen LogP contribution is 2.26. The molecule has 1 N–H and O–H groups in total. The van der Waals surface area contributed by atoms with Crippen LogP contribution in [-0.2, 0) is 0 Å². The summed E-state index contributed by atoms with van der Waals surface area (Å²) in [7, 11) is 0. The normalized spacial score (nSPS) is 10.3. The minimum absolute atomic E-state index is 0.217. The first kappa shape index (κ1) is 12.9. The number of nitrogens with one attached hydrogen (secondary N) is 1. The molecule has 0 bridgehead atoms. The monoisotopic (exact) mass is 262 g/mol. The van der Waals surface area contributed by atoms with E-state index >= 15 is 0 Å². The lowest BCUT2D eigenvalue weighted by molar-refractivity contribution is 0.626. The molecule has 2 rings (SSSR count). The Bertz CT molecular complexity index is 499. The standard InChI is InChI=1S/C14H15FN2S/c1-2-10-16-13-4-3-5-14(17-13)18-12-8-6-11(15)7-9-12/h3-9H,2,10H2,1H3,(H,16,17). The number of anilines is 1. The Morgan fingerprint density at radius 3 is 2.67 bits per heavy atom. The van der Waals surface area contributed by atoms with Crippen LogP contribution in [0, 0.1) is 5.82 Å². The third-order valence-corrected chi connectivity index (χ3v) is 3.26. The SMILES string of the molecule is CCCNc1cccc(Sc2ccc(F)cc2)n1. The molecule has 0 fully saturated rings. The van der Waals surface area contributed by atoms with Crippen molar-refractivity contribution in [1.29, 1.82) is 0 Å². The molecule has 0 saturated heterocycles. The van der Waals surface area contributed by atoms with Crippen molar-refractivity contribution in [3.8, 4) is 0 Å². The molecular formula is C14H15FN2S. The van der Waals surface area contributed by atoms with Gasteiger partial charge in [-0.2, -0.15) is 0 Å². The van der Waals surface area contributed by atoms with E-state index in [4.69, 9.17) is 0 Å². The van der Waals surface area contributed by atoms with E-state index in [2.05, 4.69) is 17.2 Å². The van der Waals surface area contributed by atoms with Gasteiger partial charge in [0.1, 0.15) is 16.7 Å². The second-order valence-electron chi connectivity index (χ2n) is 3.84. The lowest BCUT2D eigenvalue weighted by atomic mass is 10.4. The van der Waals surface area contributed by atoms with Gasteiger partial charge in [-0.05, 0) is 42.8 Å². The molecule has 1 heterocycles. The second-order valence-corrected chi connectivity index (χ2v) is 4.94. The summed E-state index contributed by atoms with van der Waals surface area (Å²) in [6.45, 7) is 3.03. The van der Waals surface area contributed by atoms with Crippen LogP contribution in [0.3, 0.4) is 0 Å². The highest BCUT2D eigenvalue weighted by atomic mass is 32.2. The fraction of sp³-hybridized carbons (Fsp3) is 0.214. The van der Waals surface area contributed by atoms with Crippen LogP contribution in [0.4, 0.5) is 10.2 Å². The van der Waals surface area contributed by atoms with Gasteiger partial charge in [-0.3, -0.25) is 0 Å². The Balaban J connectivity index is 2.06. The molecule has 0 unspecified atom stereocenters. The van der Waals surface area contributed by atoms with Crippen LogP contribution in [0.1, 0.15) is 13.3 Å². The van der Waals surface area contributed by atoms with Crippen molar-refractivity contribution in [3.63, 3.8) is 0 Å². The second kappa shape index (κ2) is 6.40. The zero-order chi connectivity index (χ0) is 12.8. The van der Waals surface area contributed by atoms with Crippen molar-refractivity contribution in [2.45, 2.75) is 23.3 Å². The topological polar surface area (TPSA) is 24.9 Å². The first-order valence-electron chi connectivity index (χ1n) is 5.92. The van der Waals surface area contributed by atoms with Gasteiger partial charge in [0.2, 0.25) is 0 Å². The predicted molar refractivity (Wildman–Crippen MR) is 73.5 cm³/mol. The van der Waals surface area contributed by atoms with Crippen LogP contribution in [0.5, 0.6) is 0 Å². The predicted octanol–water partition coefficient (Wildman–Crippen LogP) is 4.19. The summed E-state index contributed by atoms with van der Waals surface area (Å²) in [5, 5.41) is 4.15. The molecule has 94 valence electrons. The summed E-state index contributed by atoms with van der Waals surface area (Å²) >= 11 is 1.53. The molecule has 0 spiro atoms. The lowest BCUT2D eigenvalue weighted by Crippen LogP contribution is -2.01. The zero-order valence-corrected chi connectivity index (χ0v) is 11.0. The quantitative estimate of drug-likeness (QED) is 0.874. The molecular weight excluding hydrogens is 247 g/mol. The lowest BCUT2D eigenvalue weighted by Gasteiger charge is -2.06. The van der Waals surface area contributed by atoms with Crippen LogP contribution < -0.4 is 5.32 Å². The van der Waals surface area contributed by atoms with E-state index in [1.807, 2.05) is 18.2 Å². The van der Waals surface area contributed by atoms with Crippen LogP contribution in [0.15, 0.2) is 52.4 Å². The molecule has 1 aromatic carbocycles. The van der Waals surface area contributed by atoms with Crippen LogP contribution in [0.25, 0.3) is 0 Å². The van der Waals surface area contributed by atoms with E-state index in [-0.39, 0.29) is 5.82 Å². The van der Waals surface area contributed by atoms with E-state index in [0.29, 0.717) is 0 Å². The Morgan fingerprint density at radius 1 is 1.17 bits per heavy atom. The van der Waals surface area contributed by atoms with Gasteiger partial charge in [0.25, 0.3) is 0 Å². The molecule has 2 aromatic rings. The van der Waals surface area contributed by atoms with Crippen molar-refractivity contribution in [2.24, 2.45) is 0 Å². The van der Waals surface area contributed by atoms with E-state index < -0.39 is 0 Å². The molecule has 0 saturated carbocycles. The molecule has 0 radical (unpaired) electrons. The fourth-order valence-corrected chi connectivity index (χ4v) is 2.25. The summed E-state index contributed by atoms with van der Waals surface area (Å²) in [5.74, 6) is 0.662. The van der Waals surface area contributed by atoms with Crippen LogP contribution in [-0.4, -0.2) is 11.5 Å². The maximum atomic E-state index is 12.8. The van der Waals surface area contributed by atoms with E-state index in [1.54, 1.807) is 12.1 Å². The van der Waals surface area contributed by atoms with Gasteiger partial charge in [0.05, 0.1) is 0 Å². The zero-order valence-electron chi connectivity index (χ0n) is 10.2. The first-order valence-corrected chi connectivity index (χ1v) is 6.74. The van der Waals surface area contributed by atoms with E-state index in [1.165, 1.54) is 23.9 Å². The molecule has 1 aromatic heterocycles. The largest absolute Gasteiger partial charge is 0.370 e. The van der Waals surface area contributed by atoms with Crippen molar-refractivity contribution >= 4 is 17.6 Å². The summed E-state index contributed by atoms with van der Waals surface area (Å²) in [4.78, 5) is 5.47.